The molecule has 2 nitrogen and oxygen atoms in total. The summed E-state index contributed by atoms with van der Waals surface area (Å²) in [6.45, 7) is 0. The van der Waals surface area contributed by atoms with Crippen LogP contribution in [0.2, 0.25) is 0 Å². The van der Waals surface area contributed by atoms with Crippen LogP contribution in [0, 0.1) is 17.8 Å². The first-order valence-corrected chi connectivity index (χ1v) is 5.49. The van der Waals surface area contributed by atoms with Crippen LogP contribution in [0.4, 0.5) is 0 Å². The second-order valence-electron chi connectivity index (χ2n) is 4.64. The summed E-state index contributed by atoms with van der Waals surface area (Å²) in [6, 6.07) is 0. The molecular weight excluding hydrogens is 164 g/mol. The van der Waals surface area contributed by atoms with Crippen molar-refractivity contribution in [1.29, 1.82) is 0 Å². The van der Waals surface area contributed by atoms with E-state index in [1.165, 1.54) is 25.7 Å². The molecule has 2 saturated carbocycles. The largest absolute Gasteiger partial charge is 0.481 e. The molecular formula is C11H18O2. The number of carboxylic acid groups (broad SMARTS) is 1. The molecule has 2 atom stereocenters. The normalized spacial score (nSPS) is 31.7. The number of rotatable bonds is 6. The fraction of sp³-hybridized carbons (Fsp3) is 0.909. The van der Waals surface area contributed by atoms with Crippen LogP contribution in [0.15, 0.2) is 0 Å². The van der Waals surface area contributed by atoms with Crippen molar-refractivity contribution in [3.8, 4) is 0 Å². The Labute approximate surface area is 79.3 Å². The van der Waals surface area contributed by atoms with Crippen molar-refractivity contribution in [2.45, 2.75) is 44.9 Å². The van der Waals surface area contributed by atoms with Gasteiger partial charge < -0.3 is 5.11 Å². The average molecular weight is 182 g/mol. The van der Waals surface area contributed by atoms with Gasteiger partial charge in [0.15, 0.2) is 0 Å². The molecule has 0 aromatic heterocycles. The van der Waals surface area contributed by atoms with Crippen LogP contribution < -0.4 is 0 Å². The lowest BCUT2D eigenvalue weighted by molar-refractivity contribution is -0.137. The summed E-state index contributed by atoms with van der Waals surface area (Å²) in [7, 11) is 0. The van der Waals surface area contributed by atoms with Crippen molar-refractivity contribution in [1.82, 2.24) is 0 Å². The smallest absolute Gasteiger partial charge is 0.303 e. The summed E-state index contributed by atoms with van der Waals surface area (Å²) in [5.74, 6) is 2.45. The van der Waals surface area contributed by atoms with E-state index in [0.717, 1.165) is 30.6 Å². The predicted molar refractivity (Wildman–Crippen MR) is 50.4 cm³/mol. The van der Waals surface area contributed by atoms with E-state index in [1.54, 1.807) is 0 Å². The predicted octanol–water partition coefficient (Wildman–Crippen LogP) is 2.68. The van der Waals surface area contributed by atoms with E-state index in [2.05, 4.69) is 0 Å². The SMILES string of the molecule is O=C(O)CCCC[C@@H]1C[C@H]1C1CC1. The topological polar surface area (TPSA) is 37.3 Å². The number of aliphatic carboxylic acids is 1. The number of unbranched alkanes of at least 4 members (excludes halogenated alkanes) is 1. The van der Waals surface area contributed by atoms with Gasteiger partial charge in [0.1, 0.15) is 0 Å². The molecule has 0 bridgehead atoms. The summed E-state index contributed by atoms with van der Waals surface area (Å²) in [6.07, 6.45) is 8.03. The van der Waals surface area contributed by atoms with Gasteiger partial charge in [-0.05, 0) is 43.4 Å². The molecule has 0 radical (unpaired) electrons. The van der Waals surface area contributed by atoms with E-state index in [9.17, 15) is 4.79 Å². The maximum absolute atomic E-state index is 10.2. The molecule has 0 aliphatic heterocycles. The van der Waals surface area contributed by atoms with Gasteiger partial charge in [-0.2, -0.15) is 0 Å². The number of carbonyl (C=O) groups is 1. The molecule has 2 rings (SSSR count). The second-order valence-corrected chi connectivity index (χ2v) is 4.64. The Morgan fingerprint density at radius 2 is 2.08 bits per heavy atom. The van der Waals surface area contributed by atoms with E-state index in [-0.39, 0.29) is 0 Å². The Balaban J connectivity index is 1.48. The second kappa shape index (κ2) is 3.69. The van der Waals surface area contributed by atoms with Gasteiger partial charge >= 0.3 is 5.97 Å². The van der Waals surface area contributed by atoms with Crippen molar-refractivity contribution < 1.29 is 9.90 Å². The van der Waals surface area contributed by atoms with Crippen molar-refractivity contribution in [3.05, 3.63) is 0 Å². The van der Waals surface area contributed by atoms with Gasteiger partial charge in [0.2, 0.25) is 0 Å². The minimum absolute atomic E-state index is 0.362. The van der Waals surface area contributed by atoms with Crippen LogP contribution in [0.25, 0.3) is 0 Å². The first kappa shape index (κ1) is 9.04. The highest BCUT2D eigenvalue weighted by Crippen LogP contribution is 2.56. The highest BCUT2D eigenvalue weighted by Gasteiger charge is 2.46. The van der Waals surface area contributed by atoms with Gasteiger partial charge in [0.25, 0.3) is 0 Å². The summed E-state index contributed by atoms with van der Waals surface area (Å²) < 4.78 is 0. The molecule has 74 valence electrons. The first-order chi connectivity index (χ1) is 6.27. The van der Waals surface area contributed by atoms with Crippen LogP contribution in [0.1, 0.15) is 44.9 Å². The third kappa shape index (κ3) is 2.71. The maximum atomic E-state index is 10.2. The molecule has 1 N–H and O–H groups in total. The average Bonchev–Trinajstić information content (AvgIpc) is 2.89. The zero-order valence-corrected chi connectivity index (χ0v) is 8.04. The van der Waals surface area contributed by atoms with Crippen LogP contribution in [0.3, 0.4) is 0 Å². The molecule has 0 spiro atoms. The van der Waals surface area contributed by atoms with Gasteiger partial charge in [0, 0.05) is 6.42 Å². The Morgan fingerprint density at radius 3 is 2.69 bits per heavy atom. The zero-order valence-electron chi connectivity index (χ0n) is 8.04. The van der Waals surface area contributed by atoms with Crippen LogP contribution >= 0.6 is 0 Å². The van der Waals surface area contributed by atoms with E-state index in [4.69, 9.17) is 5.11 Å². The lowest BCUT2D eigenvalue weighted by Gasteiger charge is -1.97. The van der Waals surface area contributed by atoms with Gasteiger partial charge in [-0.25, -0.2) is 0 Å². The maximum Gasteiger partial charge on any atom is 0.303 e. The zero-order chi connectivity index (χ0) is 9.26. The molecule has 2 fully saturated rings. The highest BCUT2D eigenvalue weighted by atomic mass is 16.4. The monoisotopic (exact) mass is 182 g/mol. The summed E-state index contributed by atoms with van der Waals surface area (Å²) in [4.78, 5) is 10.2. The third-order valence-corrected chi connectivity index (χ3v) is 3.42. The van der Waals surface area contributed by atoms with E-state index < -0.39 is 5.97 Å². The molecule has 0 heterocycles. The molecule has 2 aliphatic rings. The van der Waals surface area contributed by atoms with Gasteiger partial charge in [-0.15, -0.1) is 0 Å². The molecule has 13 heavy (non-hydrogen) atoms. The first-order valence-electron chi connectivity index (χ1n) is 5.49. The summed E-state index contributed by atoms with van der Waals surface area (Å²) in [5, 5.41) is 8.44. The molecule has 0 aromatic carbocycles. The fourth-order valence-corrected chi connectivity index (χ4v) is 2.39. The van der Waals surface area contributed by atoms with Crippen LogP contribution in [-0.2, 0) is 4.79 Å². The minimum Gasteiger partial charge on any atom is -0.481 e. The lowest BCUT2D eigenvalue weighted by atomic mass is 10.1. The molecule has 0 aromatic rings. The van der Waals surface area contributed by atoms with Crippen molar-refractivity contribution in [2.24, 2.45) is 17.8 Å². The molecule has 2 aliphatic carbocycles. The van der Waals surface area contributed by atoms with E-state index >= 15 is 0 Å². The molecule has 0 saturated heterocycles. The number of hydrogen-bond donors (Lipinski definition) is 1. The fourth-order valence-electron chi connectivity index (χ4n) is 2.39. The van der Waals surface area contributed by atoms with Crippen LogP contribution in [0.5, 0.6) is 0 Å². The standard InChI is InChI=1S/C11H18O2/c12-11(13)4-2-1-3-9-7-10(9)8-5-6-8/h8-10H,1-7H2,(H,12,13)/t9-,10+/m1/s1. The molecule has 0 unspecified atom stereocenters. The van der Waals surface area contributed by atoms with Crippen molar-refractivity contribution >= 4 is 5.97 Å². The molecule has 2 heteroatoms. The van der Waals surface area contributed by atoms with E-state index in [1.807, 2.05) is 0 Å². The van der Waals surface area contributed by atoms with Gasteiger partial charge in [-0.1, -0.05) is 12.8 Å². The van der Waals surface area contributed by atoms with Crippen molar-refractivity contribution in [3.63, 3.8) is 0 Å². The summed E-state index contributed by atoms with van der Waals surface area (Å²) in [5.41, 5.74) is 0. The number of carboxylic acids is 1. The Morgan fingerprint density at radius 1 is 1.31 bits per heavy atom. The minimum atomic E-state index is -0.644. The Bertz CT molecular complexity index is 196. The van der Waals surface area contributed by atoms with Gasteiger partial charge in [0.05, 0.1) is 0 Å². The Hall–Kier alpha value is -0.530. The quantitative estimate of drug-likeness (QED) is 0.641. The van der Waals surface area contributed by atoms with Gasteiger partial charge in [-0.3, -0.25) is 4.79 Å². The lowest BCUT2D eigenvalue weighted by Crippen LogP contribution is -1.94. The number of hydrogen-bond acceptors (Lipinski definition) is 1. The Kier molecular flexibility index (Phi) is 2.56. The van der Waals surface area contributed by atoms with Crippen molar-refractivity contribution in [2.75, 3.05) is 0 Å². The van der Waals surface area contributed by atoms with E-state index in [0.29, 0.717) is 6.42 Å². The molecule has 0 amide bonds. The third-order valence-electron chi connectivity index (χ3n) is 3.42. The highest BCUT2D eigenvalue weighted by molar-refractivity contribution is 5.66. The summed E-state index contributed by atoms with van der Waals surface area (Å²) >= 11 is 0. The van der Waals surface area contributed by atoms with Crippen LogP contribution in [-0.4, -0.2) is 11.1 Å².